The maximum Gasteiger partial charge on any atom is 0.303 e. The summed E-state index contributed by atoms with van der Waals surface area (Å²) in [6.07, 6.45) is 6.66. The summed E-state index contributed by atoms with van der Waals surface area (Å²) in [6, 6.07) is 0. The minimum Gasteiger partial charge on any atom is -0.481 e. The normalized spacial score (nSPS) is 22.8. The van der Waals surface area contributed by atoms with Crippen molar-refractivity contribution < 1.29 is 19.5 Å². The van der Waals surface area contributed by atoms with E-state index in [2.05, 4.69) is 0 Å². The van der Waals surface area contributed by atoms with Gasteiger partial charge in [0.25, 0.3) is 0 Å². The molecule has 2 fully saturated rings. The number of hydrogen-bond acceptors (Lipinski definition) is 3. The van der Waals surface area contributed by atoms with E-state index in [1.807, 2.05) is 0 Å². The highest BCUT2D eigenvalue weighted by atomic mass is 16.4. The van der Waals surface area contributed by atoms with Gasteiger partial charge in [0.05, 0.1) is 0 Å². The van der Waals surface area contributed by atoms with E-state index in [1.54, 1.807) is 0 Å². The van der Waals surface area contributed by atoms with Crippen LogP contribution in [0.5, 0.6) is 0 Å². The van der Waals surface area contributed by atoms with E-state index < -0.39 is 5.97 Å². The number of piperidine rings is 1. The molecule has 2 rings (SSSR count). The largest absolute Gasteiger partial charge is 0.481 e. The van der Waals surface area contributed by atoms with Gasteiger partial charge in [-0.2, -0.15) is 0 Å². The summed E-state index contributed by atoms with van der Waals surface area (Å²) in [5, 5.41) is 8.59. The fraction of sp³-hybridized carbons (Fsp3) is 0.786. The highest BCUT2D eigenvalue weighted by Gasteiger charge is 2.43. The first-order chi connectivity index (χ1) is 9.02. The summed E-state index contributed by atoms with van der Waals surface area (Å²) in [6.45, 7) is 0.250. The standard InChI is InChI=1S/C14H21NO4/c16-11-9-14(6-2-1-3-7-14)10-12(17)15(11)8-4-5-13(18)19/h1-10H2,(H,18,19). The van der Waals surface area contributed by atoms with Crippen molar-refractivity contribution in [3.8, 4) is 0 Å². The molecule has 1 N–H and O–H groups in total. The first-order valence-corrected chi connectivity index (χ1v) is 7.07. The van der Waals surface area contributed by atoms with Crippen molar-refractivity contribution in [3.63, 3.8) is 0 Å². The molecule has 5 heteroatoms. The molecule has 0 aromatic heterocycles. The zero-order valence-corrected chi connectivity index (χ0v) is 11.2. The second-order valence-corrected chi connectivity index (χ2v) is 5.85. The summed E-state index contributed by atoms with van der Waals surface area (Å²) < 4.78 is 0. The number of carboxylic acids is 1. The van der Waals surface area contributed by atoms with E-state index >= 15 is 0 Å². The highest BCUT2D eigenvalue weighted by molar-refractivity contribution is 5.98. The van der Waals surface area contributed by atoms with E-state index in [0.29, 0.717) is 19.3 Å². The Labute approximate surface area is 113 Å². The van der Waals surface area contributed by atoms with Crippen molar-refractivity contribution in [2.45, 2.75) is 57.8 Å². The predicted octanol–water partition coefficient (Wildman–Crippen LogP) is 1.95. The van der Waals surface area contributed by atoms with E-state index in [1.165, 1.54) is 11.3 Å². The zero-order chi connectivity index (χ0) is 13.9. The second-order valence-electron chi connectivity index (χ2n) is 5.85. The molecular formula is C14H21NO4. The Hall–Kier alpha value is -1.39. The van der Waals surface area contributed by atoms with E-state index in [9.17, 15) is 14.4 Å². The zero-order valence-electron chi connectivity index (χ0n) is 11.2. The van der Waals surface area contributed by atoms with Gasteiger partial charge in [0.15, 0.2) is 0 Å². The lowest BCUT2D eigenvalue weighted by Crippen LogP contribution is -2.48. The van der Waals surface area contributed by atoms with Crippen LogP contribution in [0.15, 0.2) is 0 Å². The van der Waals surface area contributed by atoms with Crippen LogP contribution in [0.3, 0.4) is 0 Å². The Kier molecular flexibility index (Phi) is 4.22. The number of imide groups is 1. The third-order valence-electron chi connectivity index (χ3n) is 4.34. The molecule has 1 aliphatic carbocycles. The molecule has 2 aliphatic rings. The Bertz CT molecular complexity index is 365. The maximum absolute atomic E-state index is 12.1. The molecule has 1 heterocycles. The molecule has 106 valence electrons. The van der Waals surface area contributed by atoms with Gasteiger partial charge in [0, 0.05) is 25.8 Å². The number of hydrogen-bond donors (Lipinski definition) is 1. The van der Waals surface area contributed by atoms with Gasteiger partial charge in [0.2, 0.25) is 11.8 Å². The molecular weight excluding hydrogens is 246 g/mol. The Morgan fingerprint density at radius 2 is 1.68 bits per heavy atom. The van der Waals surface area contributed by atoms with Crippen molar-refractivity contribution in [1.29, 1.82) is 0 Å². The number of rotatable bonds is 4. The van der Waals surface area contributed by atoms with Crippen molar-refractivity contribution >= 4 is 17.8 Å². The smallest absolute Gasteiger partial charge is 0.303 e. The number of likely N-dealkylation sites (tertiary alicyclic amines) is 1. The van der Waals surface area contributed by atoms with Crippen LogP contribution in [0.1, 0.15) is 57.8 Å². The van der Waals surface area contributed by atoms with Crippen LogP contribution < -0.4 is 0 Å². The monoisotopic (exact) mass is 267 g/mol. The lowest BCUT2D eigenvalue weighted by atomic mass is 9.67. The predicted molar refractivity (Wildman–Crippen MR) is 68.3 cm³/mol. The molecule has 1 aliphatic heterocycles. The molecule has 5 nitrogen and oxygen atoms in total. The molecule has 0 aromatic rings. The Balaban J connectivity index is 1.93. The summed E-state index contributed by atoms with van der Waals surface area (Å²) in [5.41, 5.74) is -0.0876. The van der Waals surface area contributed by atoms with Gasteiger partial charge in [0.1, 0.15) is 0 Å². The van der Waals surface area contributed by atoms with Crippen LogP contribution in [0.2, 0.25) is 0 Å². The molecule has 1 spiro atoms. The molecule has 2 amide bonds. The van der Waals surface area contributed by atoms with Crippen LogP contribution in [-0.4, -0.2) is 34.3 Å². The van der Waals surface area contributed by atoms with Crippen LogP contribution >= 0.6 is 0 Å². The molecule has 0 unspecified atom stereocenters. The molecule has 0 bridgehead atoms. The molecule has 19 heavy (non-hydrogen) atoms. The topological polar surface area (TPSA) is 74.7 Å². The number of carboxylic acid groups (broad SMARTS) is 1. The number of nitrogens with zero attached hydrogens (tertiary/aromatic N) is 1. The second kappa shape index (κ2) is 5.72. The SMILES string of the molecule is O=C(O)CCCN1C(=O)CC2(CCCCC2)CC1=O. The average molecular weight is 267 g/mol. The van der Waals surface area contributed by atoms with Crippen LogP contribution in [-0.2, 0) is 14.4 Å². The summed E-state index contributed by atoms with van der Waals surface area (Å²) >= 11 is 0. The van der Waals surface area contributed by atoms with E-state index in [-0.39, 0.29) is 30.2 Å². The van der Waals surface area contributed by atoms with Crippen LogP contribution in [0.4, 0.5) is 0 Å². The van der Waals surface area contributed by atoms with Crippen molar-refractivity contribution in [1.82, 2.24) is 4.90 Å². The van der Waals surface area contributed by atoms with Gasteiger partial charge < -0.3 is 5.11 Å². The fourth-order valence-corrected chi connectivity index (χ4v) is 3.33. The molecule has 1 saturated heterocycles. The highest BCUT2D eigenvalue weighted by Crippen LogP contribution is 2.45. The number of amides is 2. The minimum atomic E-state index is -0.888. The molecule has 0 atom stereocenters. The first-order valence-electron chi connectivity index (χ1n) is 7.07. The van der Waals surface area contributed by atoms with Crippen LogP contribution in [0.25, 0.3) is 0 Å². The molecule has 1 saturated carbocycles. The quantitative estimate of drug-likeness (QED) is 0.790. The van der Waals surface area contributed by atoms with Gasteiger partial charge in [-0.3, -0.25) is 19.3 Å². The Morgan fingerprint density at radius 3 is 2.21 bits per heavy atom. The first kappa shape index (κ1) is 14.0. The summed E-state index contributed by atoms with van der Waals surface area (Å²) in [5.74, 6) is -1.10. The minimum absolute atomic E-state index is 0.00219. The van der Waals surface area contributed by atoms with Crippen LogP contribution in [0, 0.1) is 5.41 Å². The fourth-order valence-electron chi connectivity index (χ4n) is 3.33. The lowest BCUT2D eigenvalue weighted by Gasteiger charge is -2.42. The number of carbonyl (C=O) groups excluding carboxylic acids is 2. The van der Waals surface area contributed by atoms with E-state index in [4.69, 9.17) is 5.11 Å². The number of aliphatic carboxylic acids is 1. The van der Waals surface area contributed by atoms with Gasteiger partial charge in [-0.15, -0.1) is 0 Å². The van der Waals surface area contributed by atoms with E-state index in [0.717, 1.165) is 25.7 Å². The maximum atomic E-state index is 12.1. The summed E-state index contributed by atoms with van der Waals surface area (Å²) in [7, 11) is 0. The third kappa shape index (κ3) is 3.33. The molecule has 0 radical (unpaired) electrons. The lowest BCUT2D eigenvalue weighted by molar-refractivity contribution is -0.155. The third-order valence-corrected chi connectivity index (χ3v) is 4.34. The van der Waals surface area contributed by atoms with Gasteiger partial charge in [-0.1, -0.05) is 19.3 Å². The van der Waals surface area contributed by atoms with Gasteiger partial charge in [-0.05, 0) is 24.7 Å². The van der Waals surface area contributed by atoms with Gasteiger partial charge >= 0.3 is 5.97 Å². The van der Waals surface area contributed by atoms with Crippen molar-refractivity contribution in [2.75, 3.05) is 6.54 Å². The summed E-state index contributed by atoms with van der Waals surface area (Å²) in [4.78, 5) is 35.9. The molecule has 0 aromatic carbocycles. The van der Waals surface area contributed by atoms with Crippen molar-refractivity contribution in [2.24, 2.45) is 5.41 Å². The Morgan fingerprint density at radius 1 is 1.11 bits per heavy atom. The average Bonchev–Trinajstić information content (AvgIpc) is 2.33. The number of carbonyl (C=O) groups is 3. The van der Waals surface area contributed by atoms with Crippen molar-refractivity contribution in [3.05, 3.63) is 0 Å². The van der Waals surface area contributed by atoms with Gasteiger partial charge in [-0.25, -0.2) is 0 Å².